The first-order chi connectivity index (χ1) is 10.7. The second-order valence-corrected chi connectivity index (χ2v) is 8.24. The lowest BCUT2D eigenvalue weighted by Gasteiger charge is -2.20. The highest BCUT2D eigenvalue weighted by Crippen LogP contribution is 2.22. The highest BCUT2D eigenvalue weighted by molar-refractivity contribution is 7.12. The summed E-state index contributed by atoms with van der Waals surface area (Å²) in [5, 5.41) is 0. The van der Waals surface area contributed by atoms with E-state index in [9.17, 15) is 0 Å². The summed E-state index contributed by atoms with van der Waals surface area (Å²) in [5.74, 6) is 0. The van der Waals surface area contributed by atoms with Crippen molar-refractivity contribution in [3.63, 3.8) is 0 Å². The van der Waals surface area contributed by atoms with Crippen LogP contribution in [0.1, 0.15) is 25.2 Å². The fourth-order valence-corrected chi connectivity index (χ4v) is 4.34. The zero-order valence-electron chi connectivity index (χ0n) is 13.0. The van der Waals surface area contributed by atoms with E-state index in [-0.39, 0.29) is 0 Å². The van der Waals surface area contributed by atoms with Gasteiger partial charge in [-0.3, -0.25) is 9.88 Å². The molecule has 0 N–H and O–H groups in total. The minimum absolute atomic E-state index is 0.884. The molecule has 0 amide bonds. The van der Waals surface area contributed by atoms with Crippen LogP contribution in [0.2, 0.25) is 0 Å². The van der Waals surface area contributed by atoms with Crippen LogP contribution in [-0.2, 0) is 19.6 Å². The van der Waals surface area contributed by atoms with Crippen LogP contribution in [-0.4, -0.2) is 9.88 Å². The van der Waals surface area contributed by atoms with E-state index in [1.807, 2.05) is 34.9 Å². The minimum Gasteiger partial charge on any atom is -0.287 e. The molecule has 0 aliphatic heterocycles. The molecule has 0 spiro atoms. The van der Waals surface area contributed by atoms with Crippen molar-refractivity contribution in [2.45, 2.75) is 33.5 Å². The summed E-state index contributed by atoms with van der Waals surface area (Å²) in [7, 11) is 0. The fourth-order valence-electron chi connectivity index (χ4n) is 2.47. The number of aromatic nitrogens is 1. The van der Waals surface area contributed by atoms with E-state index in [0.717, 1.165) is 25.3 Å². The van der Waals surface area contributed by atoms with Gasteiger partial charge in [-0.25, -0.2) is 0 Å². The van der Waals surface area contributed by atoms with Crippen molar-refractivity contribution in [3.05, 3.63) is 73.9 Å². The lowest BCUT2D eigenvalue weighted by Crippen LogP contribution is -2.22. The van der Waals surface area contributed by atoms with Gasteiger partial charge in [0.1, 0.15) is 0 Å². The van der Waals surface area contributed by atoms with Gasteiger partial charge in [-0.1, -0.05) is 6.07 Å². The molecular weight excluding hydrogens is 308 g/mol. The number of nitrogens with zero attached hydrogens (tertiary/aromatic N) is 2. The molecule has 0 fully saturated rings. The molecule has 0 radical (unpaired) electrons. The van der Waals surface area contributed by atoms with Crippen LogP contribution in [0.4, 0.5) is 0 Å². The molecule has 0 saturated carbocycles. The Labute approximate surface area is 140 Å². The van der Waals surface area contributed by atoms with Gasteiger partial charge >= 0.3 is 0 Å². The second kappa shape index (κ2) is 7.18. The van der Waals surface area contributed by atoms with Crippen LogP contribution in [0, 0.1) is 13.8 Å². The van der Waals surface area contributed by atoms with Crippen LogP contribution in [0.25, 0.3) is 0 Å². The highest BCUT2D eigenvalue weighted by Gasteiger charge is 2.11. The normalized spacial score (nSPS) is 11.2. The molecule has 2 nitrogen and oxygen atoms in total. The van der Waals surface area contributed by atoms with E-state index in [1.165, 1.54) is 19.5 Å². The Morgan fingerprint density at radius 2 is 1.45 bits per heavy atom. The molecule has 0 bridgehead atoms. The van der Waals surface area contributed by atoms with E-state index in [0.29, 0.717) is 0 Å². The SMILES string of the molecule is Cc1ccc(CN(Cc2ccccn2)Cc2ccc(C)s2)s1. The van der Waals surface area contributed by atoms with Gasteiger partial charge in [0, 0.05) is 45.3 Å². The monoisotopic (exact) mass is 328 g/mol. The largest absolute Gasteiger partial charge is 0.287 e. The maximum absolute atomic E-state index is 4.48. The quantitative estimate of drug-likeness (QED) is 0.631. The van der Waals surface area contributed by atoms with E-state index >= 15 is 0 Å². The molecule has 3 heterocycles. The molecule has 0 aromatic carbocycles. The van der Waals surface area contributed by atoms with Gasteiger partial charge in [-0.05, 0) is 50.2 Å². The molecule has 3 rings (SSSR count). The summed E-state index contributed by atoms with van der Waals surface area (Å²) in [5.41, 5.74) is 1.13. The first-order valence-electron chi connectivity index (χ1n) is 7.42. The molecule has 3 aromatic rings. The molecule has 0 atom stereocenters. The van der Waals surface area contributed by atoms with Crippen LogP contribution in [0.5, 0.6) is 0 Å². The Bertz CT molecular complexity index is 673. The Kier molecular flexibility index (Phi) is 5.03. The van der Waals surface area contributed by atoms with Gasteiger partial charge in [0.15, 0.2) is 0 Å². The summed E-state index contributed by atoms with van der Waals surface area (Å²) < 4.78 is 0. The van der Waals surface area contributed by atoms with Gasteiger partial charge in [-0.15, -0.1) is 22.7 Å². The molecular formula is C18H20N2S2. The Hall–Kier alpha value is -1.49. The van der Waals surface area contributed by atoms with Crippen molar-refractivity contribution >= 4 is 22.7 Å². The van der Waals surface area contributed by atoms with Crippen molar-refractivity contribution in [2.24, 2.45) is 0 Å². The number of rotatable bonds is 6. The third kappa shape index (κ3) is 4.26. The average molecular weight is 329 g/mol. The molecule has 0 unspecified atom stereocenters. The molecule has 0 saturated heterocycles. The summed E-state index contributed by atoms with van der Waals surface area (Å²) in [6.07, 6.45) is 1.87. The van der Waals surface area contributed by atoms with Gasteiger partial charge in [-0.2, -0.15) is 0 Å². The Morgan fingerprint density at radius 3 is 1.91 bits per heavy atom. The van der Waals surface area contributed by atoms with Crippen LogP contribution in [0.15, 0.2) is 48.7 Å². The number of hydrogen-bond acceptors (Lipinski definition) is 4. The van der Waals surface area contributed by atoms with E-state index in [2.05, 4.69) is 60.1 Å². The van der Waals surface area contributed by atoms with Crippen LogP contribution >= 0.6 is 22.7 Å². The highest BCUT2D eigenvalue weighted by atomic mass is 32.1. The van der Waals surface area contributed by atoms with Gasteiger partial charge in [0.05, 0.1) is 5.69 Å². The zero-order chi connectivity index (χ0) is 15.4. The summed E-state index contributed by atoms with van der Waals surface area (Å²) in [4.78, 5) is 12.5. The van der Waals surface area contributed by atoms with Crippen LogP contribution in [0.3, 0.4) is 0 Å². The topological polar surface area (TPSA) is 16.1 Å². The van der Waals surface area contributed by atoms with Crippen molar-refractivity contribution in [1.82, 2.24) is 9.88 Å². The van der Waals surface area contributed by atoms with Crippen molar-refractivity contribution in [2.75, 3.05) is 0 Å². The average Bonchev–Trinajstić information content (AvgIpc) is 3.09. The smallest absolute Gasteiger partial charge is 0.0544 e. The standard InChI is InChI=1S/C18H20N2S2/c1-14-6-8-17(21-14)12-20(11-16-5-3-4-10-19-16)13-18-9-7-15(2)22-18/h3-10H,11-13H2,1-2H3. The molecule has 22 heavy (non-hydrogen) atoms. The Balaban J connectivity index is 1.75. The molecule has 114 valence electrons. The minimum atomic E-state index is 0.884. The Morgan fingerprint density at radius 1 is 0.818 bits per heavy atom. The number of aryl methyl sites for hydroxylation is 2. The van der Waals surface area contributed by atoms with Gasteiger partial charge in [0.2, 0.25) is 0 Å². The summed E-state index contributed by atoms with van der Waals surface area (Å²) in [6, 6.07) is 15.0. The maximum Gasteiger partial charge on any atom is 0.0544 e. The van der Waals surface area contributed by atoms with Gasteiger partial charge < -0.3 is 0 Å². The lowest BCUT2D eigenvalue weighted by atomic mass is 10.3. The lowest BCUT2D eigenvalue weighted by molar-refractivity contribution is 0.249. The van der Waals surface area contributed by atoms with Crippen molar-refractivity contribution in [3.8, 4) is 0 Å². The second-order valence-electron chi connectivity index (χ2n) is 5.49. The maximum atomic E-state index is 4.48. The fraction of sp³-hybridized carbons (Fsp3) is 0.278. The number of hydrogen-bond donors (Lipinski definition) is 0. The third-order valence-electron chi connectivity index (χ3n) is 3.46. The van der Waals surface area contributed by atoms with Crippen LogP contribution < -0.4 is 0 Å². The van der Waals surface area contributed by atoms with E-state index < -0.39 is 0 Å². The van der Waals surface area contributed by atoms with E-state index in [1.54, 1.807) is 0 Å². The van der Waals surface area contributed by atoms with Crippen molar-refractivity contribution in [1.29, 1.82) is 0 Å². The summed E-state index contributed by atoms with van der Waals surface area (Å²) in [6.45, 7) is 7.17. The molecule has 3 aromatic heterocycles. The number of thiophene rings is 2. The van der Waals surface area contributed by atoms with Crippen molar-refractivity contribution < 1.29 is 0 Å². The predicted octanol–water partition coefficient (Wildman–Crippen LogP) is 5.02. The first kappa shape index (κ1) is 15.4. The zero-order valence-corrected chi connectivity index (χ0v) is 14.6. The predicted molar refractivity (Wildman–Crippen MR) is 95.3 cm³/mol. The molecule has 4 heteroatoms. The third-order valence-corrected chi connectivity index (χ3v) is 5.43. The number of pyridine rings is 1. The molecule has 0 aliphatic carbocycles. The van der Waals surface area contributed by atoms with Gasteiger partial charge in [0.25, 0.3) is 0 Å². The first-order valence-corrected chi connectivity index (χ1v) is 9.05. The molecule has 0 aliphatic rings. The summed E-state index contributed by atoms with van der Waals surface area (Å²) >= 11 is 3.77. The van der Waals surface area contributed by atoms with E-state index in [4.69, 9.17) is 0 Å².